The first-order valence-corrected chi connectivity index (χ1v) is 5.78. The minimum atomic E-state index is 0.707. The van der Waals surface area contributed by atoms with Crippen molar-refractivity contribution in [3.05, 3.63) is 11.8 Å². The number of aliphatic imine (C=N–C) groups is 1. The standard InChI is InChI=1S/C12H20N2/c1-10-4-5-12(9-14-10)11-3-2-7-13-8-6-11/h4,9,11-13H,2-3,5-8H2,1H3/t11?,12-/m0/s1. The van der Waals surface area contributed by atoms with Gasteiger partial charge in [-0.15, -0.1) is 0 Å². The lowest BCUT2D eigenvalue weighted by Gasteiger charge is -2.23. The molecule has 14 heavy (non-hydrogen) atoms. The molecule has 0 spiro atoms. The van der Waals surface area contributed by atoms with Crippen molar-refractivity contribution in [2.45, 2.75) is 32.6 Å². The molecule has 0 amide bonds. The highest BCUT2D eigenvalue weighted by Crippen LogP contribution is 2.27. The van der Waals surface area contributed by atoms with E-state index in [0.29, 0.717) is 5.92 Å². The highest BCUT2D eigenvalue weighted by molar-refractivity contribution is 5.64. The van der Waals surface area contributed by atoms with Gasteiger partial charge >= 0.3 is 0 Å². The van der Waals surface area contributed by atoms with Crippen LogP contribution in [0.1, 0.15) is 32.6 Å². The molecule has 0 radical (unpaired) electrons. The first-order chi connectivity index (χ1) is 6.86. The van der Waals surface area contributed by atoms with Gasteiger partial charge < -0.3 is 5.32 Å². The van der Waals surface area contributed by atoms with Crippen LogP contribution in [0.25, 0.3) is 0 Å². The van der Waals surface area contributed by atoms with Crippen LogP contribution in [0, 0.1) is 11.8 Å². The van der Waals surface area contributed by atoms with E-state index in [9.17, 15) is 0 Å². The normalized spacial score (nSPS) is 33.6. The zero-order valence-electron chi connectivity index (χ0n) is 9.00. The van der Waals surface area contributed by atoms with E-state index in [2.05, 4.69) is 29.5 Å². The average molecular weight is 192 g/mol. The molecule has 1 unspecified atom stereocenters. The summed E-state index contributed by atoms with van der Waals surface area (Å²) in [7, 11) is 0. The highest BCUT2D eigenvalue weighted by atomic mass is 14.9. The Hall–Kier alpha value is -0.630. The van der Waals surface area contributed by atoms with Crippen molar-refractivity contribution < 1.29 is 0 Å². The van der Waals surface area contributed by atoms with E-state index < -0.39 is 0 Å². The fourth-order valence-corrected chi connectivity index (χ4v) is 2.42. The number of nitrogens with zero attached hydrogens (tertiary/aromatic N) is 1. The summed E-state index contributed by atoms with van der Waals surface area (Å²) >= 11 is 0. The number of hydrogen-bond donors (Lipinski definition) is 1. The Morgan fingerprint density at radius 2 is 2.29 bits per heavy atom. The summed E-state index contributed by atoms with van der Waals surface area (Å²) in [6, 6.07) is 0. The van der Waals surface area contributed by atoms with Crippen molar-refractivity contribution in [2.24, 2.45) is 16.8 Å². The van der Waals surface area contributed by atoms with Crippen molar-refractivity contribution in [3.63, 3.8) is 0 Å². The smallest absolute Gasteiger partial charge is 0.0329 e. The number of nitrogens with one attached hydrogen (secondary N) is 1. The molecule has 1 N–H and O–H groups in total. The van der Waals surface area contributed by atoms with Gasteiger partial charge in [-0.05, 0) is 51.6 Å². The molecule has 78 valence electrons. The van der Waals surface area contributed by atoms with Gasteiger partial charge in [0.2, 0.25) is 0 Å². The molecule has 0 aromatic heterocycles. The molecule has 2 heterocycles. The SMILES string of the molecule is CC1=CC[C@H](C2CCCNCC2)C=N1. The Balaban J connectivity index is 1.91. The monoisotopic (exact) mass is 192 g/mol. The Kier molecular flexibility index (Phi) is 3.35. The molecule has 2 atom stereocenters. The van der Waals surface area contributed by atoms with Crippen LogP contribution in [-0.4, -0.2) is 19.3 Å². The van der Waals surface area contributed by atoms with Gasteiger partial charge in [-0.3, -0.25) is 4.99 Å². The van der Waals surface area contributed by atoms with Gasteiger partial charge in [0.15, 0.2) is 0 Å². The average Bonchev–Trinajstić information content (AvgIpc) is 2.47. The van der Waals surface area contributed by atoms with Crippen LogP contribution in [0.4, 0.5) is 0 Å². The summed E-state index contributed by atoms with van der Waals surface area (Å²) in [5, 5.41) is 3.47. The third-order valence-corrected chi connectivity index (χ3v) is 3.38. The molecule has 2 aliphatic heterocycles. The van der Waals surface area contributed by atoms with Gasteiger partial charge in [-0.2, -0.15) is 0 Å². The summed E-state index contributed by atoms with van der Waals surface area (Å²) in [6.45, 7) is 4.48. The predicted molar refractivity (Wildman–Crippen MR) is 60.6 cm³/mol. The third-order valence-electron chi connectivity index (χ3n) is 3.38. The summed E-state index contributed by atoms with van der Waals surface area (Å²) in [5.74, 6) is 1.57. The molecule has 0 aromatic rings. The molecule has 1 fully saturated rings. The molecule has 2 aliphatic rings. The number of hydrogen-bond acceptors (Lipinski definition) is 2. The van der Waals surface area contributed by atoms with Crippen LogP contribution in [0.15, 0.2) is 16.8 Å². The predicted octanol–water partition coefficient (Wildman–Crippen LogP) is 2.37. The van der Waals surface area contributed by atoms with Gasteiger partial charge in [0, 0.05) is 17.8 Å². The fourth-order valence-electron chi connectivity index (χ4n) is 2.42. The van der Waals surface area contributed by atoms with Crippen LogP contribution in [0.5, 0.6) is 0 Å². The summed E-state index contributed by atoms with van der Waals surface area (Å²) < 4.78 is 0. The molecule has 2 heteroatoms. The molecule has 2 rings (SSSR count). The highest BCUT2D eigenvalue weighted by Gasteiger charge is 2.21. The molecule has 1 saturated heterocycles. The molecular weight excluding hydrogens is 172 g/mol. The molecule has 2 nitrogen and oxygen atoms in total. The Morgan fingerprint density at radius 1 is 1.36 bits per heavy atom. The molecule has 0 saturated carbocycles. The van der Waals surface area contributed by atoms with Crippen molar-refractivity contribution in [3.8, 4) is 0 Å². The quantitative estimate of drug-likeness (QED) is 0.677. The van der Waals surface area contributed by atoms with Gasteiger partial charge in [0.1, 0.15) is 0 Å². The largest absolute Gasteiger partial charge is 0.317 e. The summed E-state index contributed by atoms with van der Waals surface area (Å²) in [4.78, 5) is 4.43. The molecule has 0 aliphatic carbocycles. The second kappa shape index (κ2) is 4.74. The number of rotatable bonds is 1. The first-order valence-electron chi connectivity index (χ1n) is 5.78. The van der Waals surface area contributed by atoms with Crippen LogP contribution < -0.4 is 5.32 Å². The van der Waals surface area contributed by atoms with Crippen molar-refractivity contribution in [2.75, 3.05) is 13.1 Å². The Bertz CT molecular complexity index is 235. The third kappa shape index (κ3) is 2.44. The number of allylic oxidation sites excluding steroid dienone is 2. The first kappa shape index (κ1) is 9.91. The van der Waals surface area contributed by atoms with Crippen molar-refractivity contribution >= 4 is 6.21 Å². The van der Waals surface area contributed by atoms with Crippen LogP contribution >= 0.6 is 0 Å². The van der Waals surface area contributed by atoms with Crippen LogP contribution in [0.2, 0.25) is 0 Å². The van der Waals surface area contributed by atoms with Crippen LogP contribution in [-0.2, 0) is 0 Å². The van der Waals surface area contributed by atoms with Crippen molar-refractivity contribution in [1.82, 2.24) is 5.32 Å². The van der Waals surface area contributed by atoms with Gasteiger partial charge in [-0.25, -0.2) is 0 Å². The summed E-state index contributed by atoms with van der Waals surface area (Å²) in [6.07, 6.45) is 9.70. The maximum absolute atomic E-state index is 4.43. The van der Waals surface area contributed by atoms with Gasteiger partial charge in [-0.1, -0.05) is 6.08 Å². The zero-order chi connectivity index (χ0) is 9.80. The summed E-state index contributed by atoms with van der Waals surface area (Å²) in [5.41, 5.74) is 1.19. The van der Waals surface area contributed by atoms with Gasteiger partial charge in [0.05, 0.1) is 0 Å². The van der Waals surface area contributed by atoms with E-state index >= 15 is 0 Å². The molecule has 0 bridgehead atoms. The molecular formula is C12H20N2. The molecule has 0 aromatic carbocycles. The second-order valence-corrected chi connectivity index (χ2v) is 4.46. The van der Waals surface area contributed by atoms with E-state index in [1.807, 2.05) is 0 Å². The maximum atomic E-state index is 4.43. The van der Waals surface area contributed by atoms with E-state index in [-0.39, 0.29) is 0 Å². The van der Waals surface area contributed by atoms with E-state index in [4.69, 9.17) is 0 Å². The van der Waals surface area contributed by atoms with E-state index in [1.54, 1.807) is 0 Å². The minimum Gasteiger partial charge on any atom is -0.317 e. The zero-order valence-corrected chi connectivity index (χ0v) is 9.00. The van der Waals surface area contributed by atoms with Crippen LogP contribution in [0.3, 0.4) is 0 Å². The van der Waals surface area contributed by atoms with Crippen molar-refractivity contribution in [1.29, 1.82) is 0 Å². The minimum absolute atomic E-state index is 0.707. The van der Waals surface area contributed by atoms with Gasteiger partial charge in [0.25, 0.3) is 0 Å². The van der Waals surface area contributed by atoms with E-state index in [0.717, 1.165) is 5.92 Å². The lowest BCUT2D eigenvalue weighted by molar-refractivity contribution is 0.382. The van der Waals surface area contributed by atoms with E-state index in [1.165, 1.54) is 44.5 Å². The Morgan fingerprint density at radius 3 is 3.07 bits per heavy atom. The topological polar surface area (TPSA) is 24.4 Å². The lowest BCUT2D eigenvalue weighted by atomic mass is 9.84. The fraction of sp³-hybridized carbons (Fsp3) is 0.750. The Labute approximate surface area is 86.5 Å². The second-order valence-electron chi connectivity index (χ2n) is 4.46. The maximum Gasteiger partial charge on any atom is 0.0329 e. The lowest BCUT2D eigenvalue weighted by Crippen LogP contribution is -2.19.